The first kappa shape index (κ1) is 15.9. The highest BCUT2D eigenvalue weighted by molar-refractivity contribution is 5.30. The molecule has 3 N–H and O–H groups in total. The molecule has 0 aliphatic carbocycles. The standard InChI is InChI=1S/C14H22FNO3/c1-9(2)18-7-11(17)8-19-12-4-5-13(10(3)16)14(15)6-12/h4-6,9-11,17H,7-8,16H2,1-3H3/t10-,11?/m0/s1. The molecular weight excluding hydrogens is 249 g/mol. The van der Waals surface area contributed by atoms with E-state index in [-0.39, 0.29) is 25.4 Å². The Bertz CT molecular complexity index is 396. The van der Waals surface area contributed by atoms with Crippen molar-refractivity contribution in [2.45, 2.75) is 39.0 Å². The molecule has 0 spiro atoms. The first-order chi connectivity index (χ1) is 8.90. The molecule has 108 valence electrons. The molecule has 5 heteroatoms. The van der Waals surface area contributed by atoms with Crippen LogP contribution in [0.25, 0.3) is 0 Å². The van der Waals surface area contributed by atoms with Gasteiger partial charge in [-0.25, -0.2) is 4.39 Å². The van der Waals surface area contributed by atoms with Crippen molar-refractivity contribution in [1.29, 1.82) is 0 Å². The van der Waals surface area contributed by atoms with Crippen molar-refractivity contribution in [3.05, 3.63) is 29.6 Å². The van der Waals surface area contributed by atoms with Gasteiger partial charge in [0.25, 0.3) is 0 Å². The fourth-order valence-corrected chi connectivity index (χ4v) is 1.51. The van der Waals surface area contributed by atoms with Crippen LogP contribution in [-0.2, 0) is 4.74 Å². The van der Waals surface area contributed by atoms with Crippen molar-refractivity contribution in [2.24, 2.45) is 5.73 Å². The van der Waals surface area contributed by atoms with Crippen molar-refractivity contribution >= 4 is 0 Å². The highest BCUT2D eigenvalue weighted by Gasteiger charge is 2.10. The molecule has 0 bridgehead atoms. The molecule has 0 aliphatic rings. The summed E-state index contributed by atoms with van der Waals surface area (Å²) in [7, 11) is 0. The van der Waals surface area contributed by atoms with Crippen LogP contribution in [0.15, 0.2) is 18.2 Å². The SMILES string of the molecule is CC(C)OCC(O)COc1ccc([C@H](C)N)c(F)c1. The van der Waals surface area contributed by atoms with Crippen LogP contribution in [0.3, 0.4) is 0 Å². The van der Waals surface area contributed by atoms with E-state index in [1.807, 2.05) is 13.8 Å². The first-order valence-electron chi connectivity index (χ1n) is 6.37. The minimum Gasteiger partial charge on any atom is -0.491 e. The van der Waals surface area contributed by atoms with Gasteiger partial charge in [-0.1, -0.05) is 6.07 Å². The summed E-state index contributed by atoms with van der Waals surface area (Å²) in [6, 6.07) is 4.14. The average molecular weight is 271 g/mol. The zero-order chi connectivity index (χ0) is 14.4. The Hall–Kier alpha value is -1.17. The molecule has 19 heavy (non-hydrogen) atoms. The summed E-state index contributed by atoms with van der Waals surface area (Å²) in [5, 5.41) is 9.61. The van der Waals surface area contributed by atoms with Crippen molar-refractivity contribution in [2.75, 3.05) is 13.2 Å². The molecule has 0 aromatic heterocycles. The minimum atomic E-state index is -0.737. The number of hydrogen-bond donors (Lipinski definition) is 2. The van der Waals surface area contributed by atoms with Crippen molar-refractivity contribution < 1.29 is 19.0 Å². The van der Waals surface area contributed by atoms with Crippen LogP contribution in [0.5, 0.6) is 5.75 Å². The minimum absolute atomic E-state index is 0.0532. The van der Waals surface area contributed by atoms with E-state index < -0.39 is 11.9 Å². The van der Waals surface area contributed by atoms with E-state index >= 15 is 0 Å². The topological polar surface area (TPSA) is 64.7 Å². The van der Waals surface area contributed by atoms with Crippen molar-refractivity contribution in [3.8, 4) is 5.75 Å². The lowest BCUT2D eigenvalue weighted by Crippen LogP contribution is -2.25. The van der Waals surface area contributed by atoms with E-state index in [1.165, 1.54) is 6.07 Å². The number of halogens is 1. The lowest BCUT2D eigenvalue weighted by Gasteiger charge is -2.15. The van der Waals surface area contributed by atoms with Crippen LogP contribution in [0.1, 0.15) is 32.4 Å². The quantitative estimate of drug-likeness (QED) is 0.796. The number of aliphatic hydroxyl groups excluding tert-OH is 1. The zero-order valence-electron chi connectivity index (χ0n) is 11.6. The van der Waals surface area contributed by atoms with Gasteiger partial charge in [-0.15, -0.1) is 0 Å². The van der Waals surface area contributed by atoms with Crippen LogP contribution in [0, 0.1) is 5.82 Å². The Morgan fingerprint density at radius 3 is 2.47 bits per heavy atom. The van der Waals surface area contributed by atoms with E-state index in [0.717, 1.165) is 0 Å². The molecule has 0 heterocycles. The molecule has 0 fully saturated rings. The van der Waals surface area contributed by atoms with Gasteiger partial charge in [-0.2, -0.15) is 0 Å². The van der Waals surface area contributed by atoms with E-state index in [4.69, 9.17) is 15.2 Å². The average Bonchev–Trinajstić information content (AvgIpc) is 2.33. The van der Waals surface area contributed by atoms with E-state index in [2.05, 4.69) is 0 Å². The predicted octanol–water partition coefficient (Wildman–Crippen LogP) is 2.01. The molecule has 4 nitrogen and oxygen atoms in total. The highest BCUT2D eigenvalue weighted by atomic mass is 19.1. The molecule has 1 rings (SSSR count). The monoisotopic (exact) mass is 271 g/mol. The van der Waals surface area contributed by atoms with Gasteiger partial charge in [0, 0.05) is 17.7 Å². The summed E-state index contributed by atoms with van der Waals surface area (Å²) in [5.74, 6) is -0.0362. The lowest BCUT2D eigenvalue weighted by atomic mass is 10.1. The van der Waals surface area contributed by atoms with Crippen LogP contribution in [0.2, 0.25) is 0 Å². The summed E-state index contributed by atoms with van der Waals surface area (Å²) in [6.07, 6.45) is -0.684. The normalized spacial score (nSPS) is 14.5. The zero-order valence-corrected chi connectivity index (χ0v) is 11.6. The first-order valence-corrected chi connectivity index (χ1v) is 6.37. The Balaban J connectivity index is 2.47. The summed E-state index contributed by atoms with van der Waals surface area (Å²) < 4.78 is 24.2. The molecule has 0 saturated heterocycles. The van der Waals surface area contributed by atoms with Gasteiger partial charge in [0.2, 0.25) is 0 Å². The van der Waals surface area contributed by atoms with Gasteiger partial charge in [0.05, 0.1) is 12.7 Å². The number of ether oxygens (including phenoxy) is 2. The number of hydrogen-bond acceptors (Lipinski definition) is 4. The van der Waals surface area contributed by atoms with Crippen molar-refractivity contribution in [3.63, 3.8) is 0 Å². The molecule has 1 aromatic carbocycles. The maximum atomic E-state index is 13.6. The molecular formula is C14H22FNO3. The lowest BCUT2D eigenvalue weighted by molar-refractivity contribution is -0.0123. The van der Waals surface area contributed by atoms with Gasteiger partial charge in [-0.3, -0.25) is 0 Å². The largest absolute Gasteiger partial charge is 0.491 e. The second-order valence-corrected chi connectivity index (χ2v) is 4.82. The maximum Gasteiger partial charge on any atom is 0.131 e. The molecule has 0 amide bonds. The molecule has 0 aliphatic heterocycles. The molecule has 1 aromatic rings. The number of nitrogens with two attached hydrogens (primary N) is 1. The van der Waals surface area contributed by atoms with Gasteiger partial charge in [0.15, 0.2) is 0 Å². The van der Waals surface area contributed by atoms with Gasteiger partial charge in [0.1, 0.15) is 24.3 Å². The summed E-state index contributed by atoms with van der Waals surface area (Å²) in [6.45, 7) is 5.74. The van der Waals surface area contributed by atoms with E-state index in [0.29, 0.717) is 11.3 Å². The van der Waals surface area contributed by atoms with Crippen LogP contribution < -0.4 is 10.5 Å². The number of aliphatic hydroxyl groups is 1. The molecule has 2 atom stereocenters. The van der Waals surface area contributed by atoms with Crippen molar-refractivity contribution in [1.82, 2.24) is 0 Å². The third kappa shape index (κ3) is 5.55. The summed E-state index contributed by atoms with van der Waals surface area (Å²) >= 11 is 0. The maximum absolute atomic E-state index is 13.6. The second-order valence-electron chi connectivity index (χ2n) is 4.82. The highest BCUT2D eigenvalue weighted by Crippen LogP contribution is 2.20. The predicted molar refractivity (Wildman–Crippen MR) is 71.6 cm³/mol. The molecule has 1 unspecified atom stereocenters. The van der Waals surface area contributed by atoms with E-state index in [1.54, 1.807) is 19.1 Å². The fourth-order valence-electron chi connectivity index (χ4n) is 1.51. The molecule has 0 saturated carbocycles. The number of rotatable bonds is 7. The third-order valence-electron chi connectivity index (χ3n) is 2.53. The number of benzene rings is 1. The van der Waals surface area contributed by atoms with Gasteiger partial charge < -0.3 is 20.3 Å². The smallest absolute Gasteiger partial charge is 0.131 e. The van der Waals surface area contributed by atoms with Crippen LogP contribution >= 0.6 is 0 Å². The second kappa shape index (κ2) is 7.43. The Labute approximate surface area is 113 Å². The van der Waals surface area contributed by atoms with Crippen LogP contribution in [-0.4, -0.2) is 30.5 Å². The molecule has 0 radical (unpaired) electrons. The Morgan fingerprint density at radius 2 is 1.95 bits per heavy atom. The van der Waals surface area contributed by atoms with Gasteiger partial charge in [-0.05, 0) is 26.8 Å². The summed E-state index contributed by atoms with van der Waals surface area (Å²) in [4.78, 5) is 0. The third-order valence-corrected chi connectivity index (χ3v) is 2.53. The Morgan fingerprint density at radius 1 is 1.26 bits per heavy atom. The summed E-state index contributed by atoms with van der Waals surface area (Å²) in [5.41, 5.74) is 6.06. The van der Waals surface area contributed by atoms with Gasteiger partial charge >= 0.3 is 0 Å². The fraction of sp³-hybridized carbons (Fsp3) is 0.571. The Kier molecular flexibility index (Phi) is 6.21. The van der Waals surface area contributed by atoms with E-state index in [9.17, 15) is 9.50 Å². The van der Waals surface area contributed by atoms with Crippen LogP contribution in [0.4, 0.5) is 4.39 Å².